The summed E-state index contributed by atoms with van der Waals surface area (Å²) in [6.45, 7) is 6.98. The summed E-state index contributed by atoms with van der Waals surface area (Å²) in [4.78, 5) is 13.0. The molecule has 4 heteroatoms. The number of hydrogen-bond donors (Lipinski definition) is 1. The zero-order valence-corrected chi connectivity index (χ0v) is 10.7. The fourth-order valence-electron chi connectivity index (χ4n) is 1.57. The predicted octanol–water partition coefficient (Wildman–Crippen LogP) is 1.85. The fraction of sp³-hybridized carbons (Fsp3) is 0.917. The van der Waals surface area contributed by atoms with Crippen LogP contribution in [-0.4, -0.2) is 49.3 Å². The van der Waals surface area contributed by atoms with Gasteiger partial charge in [-0.05, 0) is 13.0 Å². The molecule has 0 aliphatic heterocycles. The summed E-state index contributed by atoms with van der Waals surface area (Å²) in [6, 6.07) is 0. The molecule has 0 aliphatic carbocycles. The Morgan fingerprint density at radius 1 is 1.38 bits per heavy atom. The standard InChI is InChI=1S/C12H25NO3/c1-4-5-6-7-13(8-9-16-3)10-11(2)12(14)15/h11H,4-10H2,1-3H3,(H,14,15). The molecule has 0 saturated heterocycles. The minimum absolute atomic E-state index is 0.307. The topological polar surface area (TPSA) is 49.8 Å². The van der Waals surface area contributed by atoms with Crippen molar-refractivity contribution in [2.24, 2.45) is 5.92 Å². The molecule has 4 nitrogen and oxygen atoms in total. The Kier molecular flexibility index (Phi) is 9.24. The van der Waals surface area contributed by atoms with Crippen molar-refractivity contribution in [2.45, 2.75) is 33.1 Å². The number of carboxylic acids is 1. The van der Waals surface area contributed by atoms with E-state index in [4.69, 9.17) is 9.84 Å². The second-order valence-electron chi connectivity index (χ2n) is 4.24. The number of methoxy groups -OCH3 is 1. The van der Waals surface area contributed by atoms with E-state index >= 15 is 0 Å². The van der Waals surface area contributed by atoms with Crippen LogP contribution in [0.1, 0.15) is 33.1 Å². The van der Waals surface area contributed by atoms with Crippen LogP contribution in [0.15, 0.2) is 0 Å². The molecule has 0 fully saturated rings. The smallest absolute Gasteiger partial charge is 0.307 e. The van der Waals surface area contributed by atoms with Crippen LogP contribution in [0, 0.1) is 5.92 Å². The number of aliphatic carboxylic acids is 1. The van der Waals surface area contributed by atoms with Crippen molar-refractivity contribution in [3.63, 3.8) is 0 Å². The minimum atomic E-state index is -0.724. The summed E-state index contributed by atoms with van der Waals surface area (Å²) in [5, 5.41) is 8.87. The van der Waals surface area contributed by atoms with Gasteiger partial charge in [-0.2, -0.15) is 0 Å². The van der Waals surface area contributed by atoms with E-state index in [1.165, 1.54) is 12.8 Å². The van der Waals surface area contributed by atoms with E-state index in [0.29, 0.717) is 13.2 Å². The van der Waals surface area contributed by atoms with E-state index in [0.717, 1.165) is 19.5 Å². The number of hydrogen-bond acceptors (Lipinski definition) is 3. The van der Waals surface area contributed by atoms with E-state index in [9.17, 15) is 4.79 Å². The van der Waals surface area contributed by atoms with Gasteiger partial charge in [0.2, 0.25) is 0 Å². The normalized spacial score (nSPS) is 13.0. The lowest BCUT2D eigenvalue weighted by Crippen LogP contribution is -2.35. The summed E-state index contributed by atoms with van der Waals surface area (Å²) < 4.78 is 5.03. The third kappa shape index (κ3) is 7.65. The maximum absolute atomic E-state index is 10.8. The highest BCUT2D eigenvalue weighted by Crippen LogP contribution is 2.03. The number of ether oxygens (including phenoxy) is 1. The summed E-state index contributed by atoms with van der Waals surface area (Å²) in [6.07, 6.45) is 3.52. The largest absolute Gasteiger partial charge is 0.481 e. The Labute approximate surface area is 98.6 Å². The molecule has 0 bridgehead atoms. The van der Waals surface area contributed by atoms with E-state index in [-0.39, 0.29) is 5.92 Å². The molecule has 16 heavy (non-hydrogen) atoms. The zero-order valence-electron chi connectivity index (χ0n) is 10.7. The van der Waals surface area contributed by atoms with Crippen LogP contribution in [0.4, 0.5) is 0 Å². The van der Waals surface area contributed by atoms with Gasteiger partial charge in [-0.25, -0.2) is 0 Å². The van der Waals surface area contributed by atoms with Crippen LogP contribution in [0.2, 0.25) is 0 Å². The van der Waals surface area contributed by atoms with E-state index in [2.05, 4.69) is 11.8 Å². The Morgan fingerprint density at radius 2 is 2.06 bits per heavy atom. The van der Waals surface area contributed by atoms with Gasteiger partial charge in [0, 0.05) is 20.2 Å². The van der Waals surface area contributed by atoms with Gasteiger partial charge in [0.25, 0.3) is 0 Å². The zero-order chi connectivity index (χ0) is 12.4. The monoisotopic (exact) mass is 231 g/mol. The molecule has 0 aromatic heterocycles. The molecular formula is C12H25NO3. The average Bonchev–Trinajstić information content (AvgIpc) is 2.25. The van der Waals surface area contributed by atoms with Gasteiger partial charge in [0.05, 0.1) is 12.5 Å². The van der Waals surface area contributed by atoms with Crippen molar-refractivity contribution < 1.29 is 14.6 Å². The number of rotatable bonds is 10. The van der Waals surface area contributed by atoms with Gasteiger partial charge >= 0.3 is 5.97 Å². The summed E-state index contributed by atoms with van der Waals surface area (Å²) in [5.41, 5.74) is 0. The summed E-state index contributed by atoms with van der Waals surface area (Å²) in [5.74, 6) is -1.03. The maximum Gasteiger partial charge on any atom is 0.307 e. The summed E-state index contributed by atoms with van der Waals surface area (Å²) >= 11 is 0. The Hall–Kier alpha value is -0.610. The van der Waals surface area contributed by atoms with E-state index in [1.54, 1.807) is 14.0 Å². The van der Waals surface area contributed by atoms with Crippen LogP contribution in [-0.2, 0) is 9.53 Å². The lowest BCUT2D eigenvalue weighted by atomic mass is 10.1. The predicted molar refractivity (Wildman–Crippen MR) is 64.6 cm³/mol. The first-order valence-corrected chi connectivity index (χ1v) is 6.05. The van der Waals surface area contributed by atoms with Gasteiger partial charge in [0.1, 0.15) is 0 Å². The molecule has 0 saturated carbocycles. The Bertz CT molecular complexity index is 185. The first-order chi connectivity index (χ1) is 7.61. The third-order valence-electron chi connectivity index (χ3n) is 2.64. The van der Waals surface area contributed by atoms with Crippen LogP contribution in [0.25, 0.3) is 0 Å². The molecule has 0 rings (SSSR count). The van der Waals surface area contributed by atoms with Gasteiger partial charge in [-0.1, -0.05) is 26.7 Å². The van der Waals surface area contributed by atoms with Gasteiger partial charge in [0.15, 0.2) is 0 Å². The molecule has 1 atom stereocenters. The lowest BCUT2D eigenvalue weighted by molar-refractivity contribution is -0.141. The number of unbranched alkanes of at least 4 members (excludes halogenated alkanes) is 2. The number of carbonyl (C=O) groups is 1. The van der Waals surface area contributed by atoms with Crippen molar-refractivity contribution >= 4 is 5.97 Å². The van der Waals surface area contributed by atoms with E-state index < -0.39 is 5.97 Å². The number of carboxylic acid groups (broad SMARTS) is 1. The molecule has 0 aromatic rings. The van der Waals surface area contributed by atoms with Gasteiger partial charge in [-0.3, -0.25) is 4.79 Å². The third-order valence-corrected chi connectivity index (χ3v) is 2.64. The molecule has 0 spiro atoms. The van der Waals surface area contributed by atoms with Crippen molar-refractivity contribution in [1.82, 2.24) is 4.90 Å². The molecule has 1 unspecified atom stereocenters. The first kappa shape index (κ1) is 15.4. The quantitative estimate of drug-likeness (QED) is 0.583. The van der Waals surface area contributed by atoms with Crippen molar-refractivity contribution in [1.29, 1.82) is 0 Å². The van der Waals surface area contributed by atoms with Crippen LogP contribution >= 0.6 is 0 Å². The molecule has 1 N–H and O–H groups in total. The van der Waals surface area contributed by atoms with Crippen LogP contribution in [0.5, 0.6) is 0 Å². The molecule has 0 radical (unpaired) electrons. The molecule has 0 aromatic carbocycles. The van der Waals surface area contributed by atoms with Crippen LogP contribution < -0.4 is 0 Å². The van der Waals surface area contributed by atoms with Crippen molar-refractivity contribution in [2.75, 3.05) is 33.4 Å². The number of nitrogens with zero attached hydrogens (tertiary/aromatic N) is 1. The molecule has 96 valence electrons. The Balaban J connectivity index is 3.93. The highest BCUT2D eigenvalue weighted by molar-refractivity contribution is 5.69. The molecule has 0 aliphatic rings. The molecule has 0 amide bonds. The van der Waals surface area contributed by atoms with Gasteiger partial charge in [-0.15, -0.1) is 0 Å². The molecule has 0 heterocycles. The second-order valence-corrected chi connectivity index (χ2v) is 4.24. The van der Waals surface area contributed by atoms with E-state index in [1.807, 2.05) is 0 Å². The molecular weight excluding hydrogens is 206 g/mol. The maximum atomic E-state index is 10.8. The SMILES string of the molecule is CCCCCN(CCOC)CC(C)C(=O)O. The second kappa shape index (κ2) is 9.60. The Morgan fingerprint density at radius 3 is 2.56 bits per heavy atom. The van der Waals surface area contributed by atoms with Crippen LogP contribution in [0.3, 0.4) is 0 Å². The highest BCUT2D eigenvalue weighted by Gasteiger charge is 2.15. The van der Waals surface area contributed by atoms with Gasteiger partial charge < -0.3 is 14.7 Å². The fourth-order valence-corrected chi connectivity index (χ4v) is 1.57. The van der Waals surface area contributed by atoms with Crippen molar-refractivity contribution in [3.8, 4) is 0 Å². The minimum Gasteiger partial charge on any atom is -0.481 e. The lowest BCUT2D eigenvalue weighted by Gasteiger charge is -2.23. The first-order valence-electron chi connectivity index (χ1n) is 6.05. The highest BCUT2D eigenvalue weighted by atomic mass is 16.5. The summed E-state index contributed by atoms with van der Waals surface area (Å²) in [7, 11) is 1.67. The van der Waals surface area contributed by atoms with Crippen molar-refractivity contribution in [3.05, 3.63) is 0 Å². The average molecular weight is 231 g/mol.